The lowest BCUT2D eigenvalue weighted by Crippen LogP contribution is -2.22. The Morgan fingerprint density at radius 3 is 2.35 bits per heavy atom. The second-order valence-electron chi connectivity index (χ2n) is 3.47. The number of hydrogen-bond donors (Lipinski definition) is 2. The predicted molar refractivity (Wildman–Crippen MR) is 63.9 cm³/mol. The van der Waals surface area contributed by atoms with Gasteiger partial charge in [0.05, 0.1) is 19.2 Å². The normalized spacial score (nSPS) is 12.1. The summed E-state index contributed by atoms with van der Waals surface area (Å²) in [5.41, 5.74) is 6.61. The minimum Gasteiger partial charge on any atom is -0.492 e. The van der Waals surface area contributed by atoms with Crippen molar-refractivity contribution in [2.24, 2.45) is 5.73 Å². The number of hydrogen-bond acceptors (Lipinski definition) is 4. The topological polar surface area (TPSA) is 81.8 Å². The smallest absolute Gasteiger partial charge is 0.325 e. The van der Waals surface area contributed by atoms with Crippen molar-refractivity contribution in [2.75, 3.05) is 14.2 Å². The van der Waals surface area contributed by atoms with Crippen LogP contribution in [0.5, 0.6) is 11.5 Å². The zero-order valence-corrected chi connectivity index (χ0v) is 10.5. The van der Waals surface area contributed by atoms with Crippen LogP contribution in [0.4, 0.5) is 0 Å². The van der Waals surface area contributed by atoms with Gasteiger partial charge in [-0.1, -0.05) is 11.6 Å². The summed E-state index contributed by atoms with van der Waals surface area (Å²) in [5, 5.41) is 9.31. The molecule has 0 fully saturated rings. The summed E-state index contributed by atoms with van der Waals surface area (Å²) in [6.07, 6.45) is 0. The first-order valence-electron chi connectivity index (χ1n) is 4.83. The summed E-state index contributed by atoms with van der Waals surface area (Å²) in [7, 11) is 2.83. The third-order valence-corrected chi connectivity index (χ3v) is 2.70. The maximum Gasteiger partial charge on any atom is 0.325 e. The molecular weight excluding hydrogens is 246 g/mol. The molecule has 0 radical (unpaired) electrons. The molecule has 1 unspecified atom stereocenters. The number of carbonyl (C=O) groups is 1. The highest BCUT2D eigenvalue weighted by atomic mass is 35.5. The summed E-state index contributed by atoms with van der Waals surface area (Å²) in [4.78, 5) is 11.0. The number of ether oxygens (including phenoxy) is 2. The largest absolute Gasteiger partial charge is 0.492 e. The molecule has 17 heavy (non-hydrogen) atoms. The highest BCUT2D eigenvalue weighted by molar-refractivity contribution is 6.32. The molecule has 0 heterocycles. The molecule has 0 bridgehead atoms. The van der Waals surface area contributed by atoms with E-state index in [1.165, 1.54) is 14.2 Å². The summed E-state index contributed by atoms with van der Waals surface area (Å²) >= 11 is 5.98. The Balaban J connectivity index is 3.52. The van der Waals surface area contributed by atoms with E-state index in [2.05, 4.69) is 0 Å². The Labute approximate surface area is 104 Å². The van der Waals surface area contributed by atoms with Crippen LogP contribution in [0.3, 0.4) is 0 Å². The van der Waals surface area contributed by atoms with Gasteiger partial charge in [-0.15, -0.1) is 0 Å². The minimum atomic E-state index is -1.18. The van der Waals surface area contributed by atoms with Gasteiger partial charge >= 0.3 is 5.97 Å². The summed E-state index contributed by atoms with van der Waals surface area (Å²) < 4.78 is 10.2. The fourth-order valence-electron chi connectivity index (χ4n) is 1.65. The monoisotopic (exact) mass is 259 g/mol. The fraction of sp³-hybridized carbons (Fsp3) is 0.364. The van der Waals surface area contributed by atoms with E-state index in [9.17, 15) is 4.79 Å². The van der Waals surface area contributed by atoms with Crippen LogP contribution in [0.2, 0.25) is 5.02 Å². The first kappa shape index (κ1) is 13.6. The molecule has 1 rings (SSSR count). The summed E-state index contributed by atoms with van der Waals surface area (Å²) in [6.45, 7) is 1.71. The van der Waals surface area contributed by atoms with E-state index in [4.69, 9.17) is 31.9 Å². The molecule has 0 aliphatic rings. The Morgan fingerprint density at radius 2 is 1.94 bits per heavy atom. The summed E-state index contributed by atoms with van der Waals surface area (Å²) in [5.74, 6) is -0.602. The van der Waals surface area contributed by atoms with Gasteiger partial charge in [0.2, 0.25) is 0 Å². The maximum absolute atomic E-state index is 11.0. The van der Waals surface area contributed by atoms with Gasteiger partial charge in [0, 0.05) is 5.56 Å². The predicted octanol–water partition coefficient (Wildman–Crippen LogP) is 1.75. The lowest BCUT2D eigenvalue weighted by Gasteiger charge is -2.18. The first-order chi connectivity index (χ1) is 7.93. The van der Waals surface area contributed by atoms with Crippen molar-refractivity contribution in [1.82, 2.24) is 0 Å². The van der Waals surface area contributed by atoms with Gasteiger partial charge in [-0.3, -0.25) is 4.79 Å². The van der Waals surface area contributed by atoms with Crippen molar-refractivity contribution in [3.63, 3.8) is 0 Å². The molecule has 0 aromatic heterocycles. The number of aryl methyl sites for hydroxylation is 1. The van der Waals surface area contributed by atoms with Crippen LogP contribution in [0.25, 0.3) is 0 Å². The van der Waals surface area contributed by atoms with E-state index in [0.717, 1.165) is 0 Å². The Kier molecular flexibility index (Phi) is 4.20. The number of methoxy groups -OCH3 is 2. The standard InChI is InChI=1S/C11H14ClNO4/c1-5-4-6(12)9(16-2)10(17-3)7(5)8(13)11(14)15/h4,8H,13H2,1-3H3,(H,14,15). The molecule has 1 aromatic rings. The molecule has 0 saturated carbocycles. The van der Waals surface area contributed by atoms with Crippen molar-refractivity contribution in [3.8, 4) is 11.5 Å². The molecule has 1 aromatic carbocycles. The molecular formula is C11H14ClNO4. The third kappa shape index (κ3) is 2.45. The highest BCUT2D eigenvalue weighted by Gasteiger charge is 2.25. The lowest BCUT2D eigenvalue weighted by molar-refractivity contribution is -0.138. The number of halogens is 1. The summed E-state index contributed by atoms with van der Waals surface area (Å²) in [6, 6.07) is 0.414. The van der Waals surface area contributed by atoms with Crippen molar-refractivity contribution in [1.29, 1.82) is 0 Å². The molecule has 0 aliphatic carbocycles. The van der Waals surface area contributed by atoms with Gasteiger partial charge in [-0.25, -0.2) is 0 Å². The second-order valence-corrected chi connectivity index (χ2v) is 3.88. The van der Waals surface area contributed by atoms with Gasteiger partial charge in [0.25, 0.3) is 0 Å². The van der Waals surface area contributed by atoms with E-state index in [1.807, 2.05) is 0 Å². The fourth-order valence-corrected chi connectivity index (χ4v) is 1.97. The molecule has 5 nitrogen and oxygen atoms in total. The second kappa shape index (κ2) is 5.25. The SMILES string of the molecule is COc1c(Cl)cc(C)c(C(N)C(=O)O)c1OC. The average Bonchev–Trinajstić information content (AvgIpc) is 2.27. The Hall–Kier alpha value is -1.46. The Bertz CT molecular complexity index is 448. The van der Waals surface area contributed by atoms with Crippen LogP contribution in [-0.4, -0.2) is 25.3 Å². The average molecular weight is 260 g/mol. The van der Waals surface area contributed by atoms with Crippen LogP contribution >= 0.6 is 11.6 Å². The van der Waals surface area contributed by atoms with E-state index in [1.54, 1.807) is 13.0 Å². The van der Waals surface area contributed by atoms with Crippen molar-refractivity contribution in [2.45, 2.75) is 13.0 Å². The van der Waals surface area contributed by atoms with Gasteiger partial charge in [0.15, 0.2) is 11.5 Å². The van der Waals surface area contributed by atoms with E-state index >= 15 is 0 Å². The molecule has 6 heteroatoms. The van der Waals surface area contributed by atoms with E-state index < -0.39 is 12.0 Å². The Morgan fingerprint density at radius 1 is 1.41 bits per heavy atom. The van der Waals surface area contributed by atoms with Crippen LogP contribution < -0.4 is 15.2 Å². The van der Waals surface area contributed by atoms with Gasteiger partial charge < -0.3 is 20.3 Å². The molecule has 3 N–H and O–H groups in total. The number of nitrogens with two attached hydrogens (primary N) is 1. The molecule has 0 aliphatic heterocycles. The van der Waals surface area contributed by atoms with Gasteiger partial charge in [0.1, 0.15) is 6.04 Å². The van der Waals surface area contributed by atoms with Crippen LogP contribution in [0, 0.1) is 6.92 Å². The maximum atomic E-state index is 11.0. The number of benzene rings is 1. The molecule has 0 spiro atoms. The molecule has 94 valence electrons. The zero-order chi connectivity index (χ0) is 13.2. The van der Waals surface area contributed by atoms with Crippen LogP contribution in [0.1, 0.15) is 17.2 Å². The van der Waals surface area contributed by atoms with Crippen molar-refractivity contribution >= 4 is 17.6 Å². The van der Waals surface area contributed by atoms with Gasteiger partial charge in [-0.05, 0) is 18.6 Å². The first-order valence-corrected chi connectivity index (χ1v) is 5.21. The van der Waals surface area contributed by atoms with E-state index in [-0.39, 0.29) is 11.5 Å². The minimum absolute atomic E-state index is 0.257. The zero-order valence-electron chi connectivity index (χ0n) is 9.78. The number of aliphatic carboxylic acids is 1. The van der Waals surface area contributed by atoms with E-state index in [0.29, 0.717) is 16.1 Å². The number of carboxylic acid groups (broad SMARTS) is 1. The number of rotatable bonds is 4. The van der Waals surface area contributed by atoms with Crippen LogP contribution in [0.15, 0.2) is 6.07 Å². The molecule has 1 atom stereocenters. The van der Waals surface area contributed by atoms with Crippen LogP contribution in [-0.2, 0) is 4.79 Å². The third-order valence-electron chi connectivity index (χ3n) is 2.42. The highest BCUT2D eigenvalue weighted by Crippen LogP contribution is 2.41. The molecule has 0 amide bonds. The molecule has 0 saturated heterocycles. The van der Waals surface area contributed by atoms with Gasteiger partial charge in [-0.2, -0.15) is 0 Å². The quantitative estimate of drug-likeness (QED) is 0.861. The van der Waals surface area contributed by atoms with Crippen molar-refractivity contribution < 1.29 is 19.4 Å². The van der Waals surface area contributed by atoms with Crippen molar-refractivity contribution in [3.05, 3.63) is 22.2 Å². The number of carboxylic acids is 1. The lowest BCUT2D eigenvalue weighted by atomic mass is 10.00.